The number of methoxy groups -OCH3 is 2. The molecule has 2 N–H and O–H groups in total. The summed E-state index contributed by atoms with van der Waals surface area (Å²) >= 11 is 0. The van der Waals surface area contributed by atoms with Crippen LogP contribution in [0.25, 0.3) is 0 Å². The number of nitrogens with zero attached hydrogens (tertiary/aromatic N) is 4. The second-order valence-corrected chi connectivity index (χ2v) is 7.28. The van der Waals surface area contributed by atoms with Crippen LogP contribution in [0.5, 0.6) is 17.2 Å². The van der Waals surface area contributed by atoms with Crippen LogP contribution in [-0.2, 0) is 13.2 Å². The first kappa shape index (κ1) is 22.2. The van der Waals surface area contributed by atoms with Gasteiger partial charge in [-0.1, -0.05) is 0 Å². The first-order chi connectivity index (χ1) is 14.7. The average Bonchev–Trinajstić information content (AvgIpc) is 3.14. The molecule has 0 saturated heterocycles. The van der Waals surface area contributed by atoms with Gasteiger partial charge in [-0.3, -0.25) is 4.68 Å². The van der Waals surface area contributed by atoms with E-state index in [2.05, 4.69) is 20.4 Å². The first-order valence-electron chi connectivity index (χ1n) is 9.25. The molecule has 0 bridgehead atoms. The van der Waals surface area contributed by atoms with Crippen molar-refractivity contribution in [2.75, 3.05) is 19.5 Å². The molecule has 31 heavy (non-hydrogen) atoms. The second-order valence-electron chi connectivity index (χ2n) is 7.28. The molecule has 1 aromatic carbocycles. The van der Waals surface area contributed by atoms with E-state index >= 15 is 0 Å². The van der Waals surface area contributed by atoms with Crippen molar-refractivity contribution in [2.24, 2.45) is 0 Å². The fourth-order valence-corrected chi connectivity index (χ4v) is 2.71. The van der Waals surface area contributed by atoms with Gasteiger partial charge in [0, 0.05) is 12.3 Å². The summed E-state index contributed by atoms with van der Waals surface area (Å²) in [7, 11) is 2.54. The molecule has 2 aromatic heterocycles. The van der Waals surface area contributed by atoms with Gasteiger partial charge in [0.1, 0.15) is 6.61 Å². The zero-order valence-corrected chi connectivity index (χ0v) is 17.5. The zero-order chi connectivity index (χ0) is 22.6. The van der Waals surface area contributed by atoms with Crippen LogP contribution in [0.2, 0.25) is 0 Å². The molecule has 2 heterocycles. The second kappa shape index (κ2) is 9.13. The van der Waals surface area contributed by atoms with Crippen LogP contribution in [0.1, 0.15) is 19.4 Å². The lowest BCUT2D eigenvalue weighted by Crippen LogP contribution is -2.26. The summed E-state index contributed by atoms with van der Waals surface area (Å²) in [4.78, 5) is 8.22. The van der Waals surface area contributed by atoms with Gasteiger partial charge in [0.2, 0.25) is 5.95 Å². The Morgan fingerprint density at radius 2 is 1.68 bits per heavy atom. The Kier molecular flexibility index (Phi) is 6.54. The fraction of sp³-hybridized carbons (Fsp3) is 0.350. The number of nitrogens with one attached hydrogen (secondary N) is 1. The molecule has 166 valence electrons. The molecule has 0 radical (unpaired) electrons. The SMILES string of the molecule is COc1cc(OC)c(F)c(COc2cnc(Nc3cnn(CC(C)(C)O)c3)nc2)c1F. The predicted molar refractivity (Wildman–Crippen MR) is 108 cm³/mol. The third-order valence-corrected chi connectivity index (χ3v) is 4.11. The largest absolute Gasteiger partial charge is 0.494 e. The highest BCUT2D eigenvalue weighted by molar-refractivity contribution is 5.50. The Balaban J connectivity index is 1.66. The van der Waals surface area contributed by atoms with Crippen LogP contribution in [0.3, 0.4) is 0 Å². The third kappa shape index (κ3) is 5.57. The van der Waals surface area contributed by atoms with Gasteiger partial charge in [0.05, 0.1) is 56.2 Å². The molecule has 3 aromatic rings. The third-order valence-electron chi connectivity index (χ3n) is 4.11. The maximum absolute atomic E-state index is 14.4. The molecule has 0 aliphatic heterocycles. The van der Waals surface area contributed by atoms with Crippen LogP contribution in [0.4, 0.5) is 20.4 Å². The lowest BCUT2D eigenvalue weighted by Gasteiger charge is -2.16. The molecule has 0 saturated carbocycles. The lowest BCUT2D eigenvalue weighted by atomic mass is 10.1. The number of hydrogen-bond donors (Lipinski definition) is 2. The van der Waals surface area contributed by atoms with E-state index < -0.39 is 23.8 Å². The predicted octanol–water partition coefficient (Wildman–Crippen LogP) is 3.06. The van der Waals surface area contributed by atoms with E-state index in [4.69, 9.17) is 14.2 Å². The van der Waals surface area contributed by atoms with Gasteiger partial charge in [0.25, 0.3) is 0 Å². The van der Waals surface area contributed by atoms with E-state index in [0.29, 0.717) is 12.2 Å². The highest BCUT2D eigenvalue weighted by Crippen LogP contribution is 2.32. The van der Waals surface area contributed by atoms with Crippen LogP contribution in [-0.4, -0.2) is 44.7 Å². The average molecular weight is 435 g/mol. The van der Waals surface area contributed by atoms with E-state index in [0.717, 1.165) is 6.07 Å². The monoisotopic (exact) mass is 435 g/mol. The molecule has 0 spiro atoms. The highest BCUT2D eigenvalue weighted by Gasteiger charge is 2.20. The van der Waals surface area contributed by atoms with Crippen molar-refractivity contribution in [1.82, 2.24) is 19.7 Å². The van der Waals surface area contributed by atoms with Crippen molar-refractivity contribution in [2.45, 2.75) is 32.6 Å². The van der Waals surface area contributed by atoms with Crippen molar-refractivity contribution in [3.05, 3.63) is 48.1 Å². The Morgan fingerprint density at radius 1 is 1.06 bits per heavy atom. The Labute approximate surface area is 177 Å². The Morgan fingerprint density at radius 3 is 2.23 bits per heavy atom. The molecule has 0 aliphatic carbocycles. The first-order valence-corrected chi connectivity index (χ1v) is 9.25. The molecule has 0 amide bonds. The van der Waals surface area contributed by atoms with Crippen LogP contribution >= 0.6 is 0 Å². The van der Waals surface area contributed by atoms with Gasteiger partial charge in [-0.2, -0.15) is 5.10 Å². The summed E-state index contributed by atoms with van der Waals surface area (Å²) in [6.45, 7) is 3.28. The molecule has 0 atom stereocenters. The van der Waals surface area contributed by atoms with Crippen molar-refractivity contribution >= 4 is 11.6 Å². The molecule has 9 nitrogen and oxygen atoms in total. The van der Waals surface area contributed by atoms with Crippen LogP contribution in [0.15, 0.2) is 30.9 Å². The Bertz CT molecular complexity index is 1010. The van der Waals surface area contributed by atoms with Gasteiger partial charge in [0.15, 0.2) is 28.9 Å². The van der Waals surface area contributed by atoms with Crippen molar-refractivity contribution in [1.29, 1.82) is 0 Å². The number of ether oxygens (including phenoxy) is 3. The van der Waals surface area contributed by atoms with E-state index in [-0.39, 0.29) is 28.8 Å². The van der Waals surface area contributed by atoms with Gasteiger partial charge in [-0.25, -0.2) is 18.7 Å². The summed E-state index contributed by atoms with van der Waals surface area (Å²) in [6.07, 6.45) is 6.00. The normalized spacial score (nSPS) is 11.3. The minimum absolute atomic E-state index is 0.155. The van der Waals surface area contributed by atoms with Gasteiger partial charge in [-0.15, -0.1) is 0 Å². The minimum Gasteiger partial charge on any atom is -0.494 e. The number of hydrogen-bond acceptors (Lipinski definition) is 8. The topological polar surface area (TPSA) is 104 Å². The number of rotatable bonds is 9. The zero-order valence-electron chi connectivity index (χ0n) is 17.5. The molecule has 0 aliphatic rings. The molecule has 0 unspecified atom stereocenters. The molecular weight excluding hydrogens is 412 g/mol. The molecular formula is C20H23F2N5O4. The number of halogens is 2. The standard InChI is InChI=1S/C20H23F2N5O4/c1-20(2,28)11-27-9-12(6-25-27)26-19-23-7-13(8-24-19)31-10-14-17(21)15(29-3)5-16(30-4)18(14)22/h5-9,28H,10-11H2,1-4H3,(H,23,24,26). The van der Waals surface area contributed by atoms with E-state index in [9.17, 15) is 13.9 Å². The smallest absolute Gasteiger partial charge is 0.227 e. The van der Waals surface area contributed by atoms with Crippen LogP contribution in [0, 0.1) is 11.6 Å². The summed E-state index contributed by atoms with van der Waals surface area (Å²) < 4.78 is 45.6. The maximum atomic E-state index is 14.4. The quantitative estimate of drug-likeness (QED) is 0.529. The lowest BCUT2D eigenvalue weighted by molar-refractivity contribution is 0.0578. The number of aromatic nitrogens is 4. The van der Waals surface area contributed by atoms with E-state index in [1.54, 1.807) is 30.9 Å². The number of anilines is 2. The highest BCUT2D eigenvalue weighted by atomic mass is 19.1. The fourth-order valence-electron chi connectivity index (χ4n) is 2.71. The summed E-state index contributed by atoms with van der Waals surface area (Å²) in [5.41, 5.74) is -0.604. The van der Waals surface area contributed by atoms with Gasteiger partial charge < -0.3 is 24.6 Å². The number of benzene rings is 1. The molecule has 3 rings (SSSR count). The van der Waals surface area contributed by atoms with Gasteiger partial charge in [-0.05, 0) is 13.8 Å². The molecule has 11 heteroatoms. The minimum atomic E-state index is -0.898. The van der Waals surface area contributed by atoms with E-state index in [1.807, 2.05) is 0 Å². The summed E-state index contributed by atoms with van der Waals surface area (Å²) in [5, 5.41) is 17.0. The molecule has 0 fully saturated rings. The maximum Gasteiger partial charge on any atom is 0.227 e. The Hall–Kier alpha value is -3.47. The van der Waals surface area contributed by atoms with Gasteiger partial charge >= 0.3 is 0 Å². The summed E-state index contributed by atoms with van der Waals surface area (Å²) in [6, 6.07) is 1.13. The van der Waals surface area contributed by atoms with E-state index in [1.165, 1.54) is 26.6 Å². The van der Waals surface area contributed by atoms with Crippen molar-refractivity contribution in [3.8, 4) is 17.2 Å². The van der Waals surface area contributed by atoms with Crippen molar-refractivity contribution in [3.63, 3.8) is 0 Å². The van der Waals surface area contributed by atoms with Crippen LogP contribution < -0.4 is 19.5 Å². The number of aliphatic hydroxyl groups is 1. The van der Waals surface area contributed by atoms with Crippen molar-refractivity contribution < 1.29 is 28.1 Å². The summed E-state index contributed by atoms with van der Waals surface area (Å²) in [5.74, 6) is -1.57.